The molecule has 1 unspecified atom stereocenters. The third kappa shape index (κ3) is 3.22. The van der Waals surface area contributed by atoms with Gasteiger partial charge in [0.25, 0.3) is 5.56 Å². The normalized spacial score (nSPS) is 18.7. The van der Waals surface area contributed by atoms with Gasteiger partial charge in [0.05, 0.1) is 15.8 Å². The zero-order valence-electron chi connectivity index (χ0n) is 15.2. The molecule has 0 aliphatic carbocycles. The zero-order chi connectivity index (χ0) is 19.1. The van der Waals surface area contributed by atoms with Gasteiger partial charge in [0.2, 0.25) is 10.0 Å². The van der Waals surface area contributed by atoms with Crippen LogP contribution in [-0.2, 0) is 24.1 Å². The van der Waals surface area contributed by atoms with Crippen LogP contribution in [0.4, 0.5) is 0 Å². The van der Waals surface area contributed by atoms with Crippen LogP contribution in [0.2, 0.25) is 0 Å². The lowest BCUT2D eigenvalue weighted by Gasteiger charge is -2.22. The number of benzene rings is 1. The molecule has 1 aromatic carbocycles. The summed E-state index contributed by atoms with van der Waals surface area (Å²) in [6.45, 7) is 4.30. The fourth-order valence-corrected chi connectivity index (χ4v) is 4.67. The molecule has 1 fully saturated rings. The number of likely N-dealkylation sites (tertiary alicyclic amines) is 1. The van der Waals surface area contributed by atoms with E-state index in [1.54, 1.807) is 7.05 Å². The van der Waals surface area contributed by atoms with Gasteiger partial charge in [0, 0.05) is 26.7 Å². The molecule has 0 bridgehead atoms. The van der Waals surface area contributed by atoms with Crippen molar-refractivity contribution in [1.82, 2.24) is 18.8 Å². The van der Waals surface area contributed by atoms with Gasteiger partial charge in [-0.25, -0.2) is 17.9 Å². The number of nitrogens with one attached hydrogen (secondary N) is 1. The van der Waals surface area contributed by atoms with Gasteiger partial charge in [0.15, 0.2) is 0 Å². The van der Waals surface area contributed by atoms with Crippen LogP contribution in [0.5, 0.6) is 0 Å². The Morgan fingerprint density at radius 2 is 1.92 bits per heavy atom. The lowest BCUT2D eigenvalue weighted by molar-refractivity contribution is 0.268. The largest absolute Gasteiger partial charge is 0.330 e. The van der Waals surface area contributed by atoms with Crippen LogP contribution in [-0.4, -0.2) is 48.1 Å². The summed E-state index contributed by atoms with van der Waals surface area (Å²) >= 11 is 0. The maximum Gasteiger partial charge on any atom is 0.330 e. The number of nitrogens with zero attached hydrogens (tertiary/aromatic N) is 3. The third-order valence-corrected chi connectivity index (χ3v) is 6.58. The molecule has 1 N–H and O–H groups in total. The number of hydrogen-bond acceptors (Lipinski definition) is 5. The van der Waals surface area contributed by atoms with E-state index in [-0.39, 0.29) is 16.3 Å². The van der Waals surface area contributed by atoms with E-state index >= 15 is 0 Å². The highest BCUT2D eigenvalue weighted by atomic mass is 32.2. The Hall–Kier alpha value is -1.97. The molecule has 1 aliphatic heterocycles. The van der Waals surface area contributed by atoms with E-state index in [0.29, 0.717) is 12.1 Å². The van der Waals surface area contributed by atoms with Crippen molar-refractivity contribution >= 4 is 20.9 Å². The van der Waals surface area contributed by atoms with Gasteiger partial charge >= 0.3 is 5.69 Å². The van der Waals surface area contributed by atoms with Crippen molar-refractivity contribution in [3.05, 3.63) is 39.0 Å². The topological polar surface area (TPSA) is 93.4 Å². The lowest BCUT2D eigenvalue weighted by Crippen LogP contribution is -2.40. The molecule has 9 heteroatoms. The van der Waals surface area contributed by atoms with Gasteiger partial charge in [-0.15, -0.1) is 0 Å². The molecule has 0 radical (unpaired) electrons. The molecule has 1 saturated heterocycles. The second kappa shape index (κ2) is 6.98. The molecule has 0 saturated carbocycles. The van der Waals surface area contributed by atoms with E-state index in [1.807, 2.05) is 0 Å². The average Bonchev–Trinajstić information content (AvgIpc) is 3.10. The molecule has 3 rings (SSSR count). The van der Waals surface area contributed by atoms with Crippen LogP contribution in [0, 0.1) is 0 Å². The highest BCUT2D eigenvalue weighted by Gasteiger charge is 2.25. The average molecular weight is 380 g/mol. The van der Waals surface area contributed by atoms with Crippen molar-refractivity contribution in [3.8, 4) is 0 Å². The Morgan fingerprint density at radius 1 is 1.19 bits per heavy atom. The van der Waals surface area contributed by atoms with Crippen LogP contribution in [0.3, 0.4) is 0 Å². The minimum absolute atomic E-state index is 0.0294. The Bertz CT molecular complexity index is 1050. The van der Waals surface area contributed by atoms with Gasteiger partial charge in [-0.05, 0) is 44.1 Å². The summed E-state index contributed by atoms with van der Waals surface area (Å²) in [5.74, 6) is 0. The molecule has 0 amide bonds. The second-order valence-electron chi connectivity index (χ2n) is 6.66. The Labute approximate surface area is 152 Å². The molecular formula is C17H24N4O4S. The highest BCUT2D eigenvalue weighted by molar-refractivity contribution is 7.89. The summed E-state index contributed by atoms with van der Waals surface area (Å²) in [5.41, 5.74) is -0.546. The molecule has 26 heavy (non-hydrogen) atoms. The smallest absolute Gasteiger partial charge is 0.299 e. The van der Waals surface area contributed by atoms with E-state index in [0.717, 1.165) is 30.5 Å². The standard InChI is InChI=1S/C17H24N4O4S/c1-4-21-9-5-6-12(21)11-18-26(24,25)13-7-8-15-14(10-13)16(22)20(3)17(23)19(15)2/h7-8,10,12,18H,4-6,9,11H2,1-3H3. The zero-order valence-corrected chi connectivity index (χ0v) is 16.0. The molecule has 1 atom stereocenters. The Balaban J connectivity index is 1.94. The van der Waals surface area contributed by atoms with Crippen molar-refractivity contribution in [2.24, 2.45) is 14.1 Å². The van der Waals surface area contributed by atoms with Crippen LogP contribution in [0.25, 0.3) is 10.9 Å². The Kier molecular flexibility index (Phi) is 5.05. The predicted molar refractivity (Wildman–Crippen MR) is 99.9 cm³/mol. The van der Waals surface area contributed by atoms with Crippen molar-refractivity contribution in [2.75, 3.05) is 19.6 Å². The number of aromatic nitrogens is 2. The molecule has 2 heterocycles. The summed E-state index contributed by atoms with van der Waals surface area (Å²) in [6, 6.07) is 4.46. The van der Waals surface area contributed by atoms with Gasteiger partial charge in [0.1, 0.15) is 0 Å². The van der Waals surface area contributed by atoms with Crippen molar-refractivity contribution in [2.45, 2.75) is 30.7 Å². The summed E-state index contributed by atoms with van der Waals surface area (Å²) in [5, 5.41) is 0.202. The highest BCUT2D eigenvalue weighted by Crippen LogP contribution is 2.18. The first-order valence-electron chi connectivity index (χ1n) is 8.69. The number of likely N-dealkylation sites (N-methyl/N-ethyl adjacent to an activating group) is 1. The maximum atomic E-state index is 12.7. The molecule has 0 spiro atoms. The molecule has 2 aromatic rings. The van der Waals surface area contributed by atoms with Crippen LogP contribution >= 0.6 is 0 Å². The minimum atomic E-state index is -3.74. The number of fused-ring (bicyclic) bond motifs is 1. The van der Waals surface area contributed by atoms with Crippen molar-refractivity contribution in [3.63, 3.8) is 0 Å². The summed E-state index contributed by atoms with van der Waals surface area (Å²) in [7, 11) is -0.806. The van der Waals surface area contributed by atoms with E-state index in [1.165, 1.54) is 29.8 Å². The number of aryl methyl sites for hydroxylation is 1. The van der Waals surface area contributed by atoms with Gasteiger partial charge in [-0.2, -0.15) is 0 Å². The summed E-state index contributed by atoms with van der Waals surface area (Å²) in [6.07, 6.45) is 2.04. The Morgan fingerprint density at radius 3 is 2.62 bits per heavy atom. The summed E-state index contributed by atoms with van der Waals surface area (Å²) in [4.78, 5) is 26.6. The van der Waals surface area contributed by atoms with E-state index < -0.39 is 21.3 Å². The fourth-order valence-electron chi connectivity index (χ4n) is 3.57. The van der Waals surface area contributed by atoms with Gasteiger partial charge in [-0.1, -0.05) is 6.92 Å². The van der Waals surface area contributed by atoms with Gasteiger partial charge < -0.3 is 0 Å². The van der Waals surface area contributed by atoms with Crippen LogP contribution in [0.1, 0.15) is 19.8 Å². The summed E-state index contributed by atoms with van der Waals surface area (Å²) < 4.78 is 30.3. The fraction of sp³-hybridized carbons (Fsp3) is 0.529. The first-order chi connectivity index (χ1) is 12.3. The molecule has 142 valence electrons. The molecule has 8 nitrogen and oxygen atoms in total. The first kappa shape index (κ1) is 18.8. The minimum Gasteiger partial charge on any atom is -0.299 e. The predicted octanol–water partition coefficient (Wildman–Crippen LogP) is -0.000200. The van der Waals surface area contributed by atoms with E-state index in [2.05, 4.69) is 16.5 Å². The third-order valence-electron chi connectivity index (χ3n) is 5.16. The van der Waals surface area contributed by atoms with Crippen LogP contribution in [0.15, 0.2) is 32.7 Å². The number of sulfonamides is 1. The molecule has 1 aliphatic rings. The second-order valence-corrected chi connectivity index (χ2v) is 8.43. The lowest BCUT2D eigenvalue weighted by atomic mass is 10.2. The van der Waals surface area contributed by atoms with Gasteiger partial charge in [-0.3, -0.25) is 18.8 Å². The number of rotatable bonds is 5. The van der Waals surface area contributed by atoms with Crippen LogP contribution < -0.4 is 16.0 Å². The SMILES string of the molecule is CCN1CCCC1CNS(=O)(=O)c1ccc2c(c1)c(=O)n(C)c(=O)n2C. The van der Waals surface area contributed by atoms with E-state index in [4.69, 9.17) is 0 Å². The quantitative estimate of drug-likeness (QED) is 0.788. The molecular weight excluding hydrogens is 356 g/mol. The molecule has 1 aromatic heterocycles. The maximum absolute atomic E-state index is 12.7. The van der Waals surface area contributed by atoms with Crippen molar-refractivity contribution < 1.29 is 8.42 Å². The number of hydrogen-bond donors (Lipinski definition) is 1. The van der Waals surface area contributed by atoms with E-state index in [9.17, 15) is 18.0 Å². The monoisotopic (exact) mass is 380 g/mol. The first-order valence-corrected chi connectivity index (χ1v) is 10.2. The van der Waals surface area contributed by atoms with Crippen molar-refractivity contribution in [1.29, 1.82) is 0 Å².